The first-order valence-corrected chi connectivity index (χ1v) is 4.71. The molecule has 0 saturated carbocycles. The average molecular weight is 151 g/mol. The summed E-state index contributed by atoms with van der Waals surface area (Å²) >= 11 is 0. The summed E-state index contributed by atoms with van der Waals surface area (Å²) in [4.78, 5) is 2.55. The molecule has 1 saturated heterocycles. The summed E-state index contributed by atoms with van der Waals surface area (Å²) in [6.45, 7) is 7.22. The fourth-order valence-corrected chi connectivity index (χ4v) is 2.41. The van der Waals surface area contributed by atoms with Crippen LogP contribution in [0.3, 0.4) is 0 Å². The predicted octanol–water partition coefficient (Wildman–Crippen LogP) is 2.40. The van der Waals surface area contributed by atoms with Crippen molar-refractivity contribution in [3.63, 3.8) is 0 Å². The second-order valence-corrected chi connectivity index (χ2v) is 3.88. The second kappa shape index (κ2) is 2.54. The van der Waals surface area contributed by atoms with Crippen LogP contribution in [0.15, 0.2) is 11.3 Å². The zero-order valence-electron chi connectivity index (χ0n) is 7.56. The van der Waals surface area contributed by atoms with Crippen LogP contribution in [0.25, 0.3) is 0 Å². The van der Waals surface area contributed by atoms with Gasteiger partial charge in [0.2, 0.25) is 0 Å². The quantitative estimate of drug-likeness (QED) is 0.514. The lowest BCUT2D eigenvalue weighted by atomic mass is 9.90. The van der Waals surface area contributed by atoms with E-state index in [0.29, 0.717) is 0 Å². The largest absolute Gasteiger partial charge is 0.375 e. The SMILES string of the molecule is CC1=C(C)N2CCCC1CC2. The van der Waals surface area contributed by atoms with Gasteiger partial charge >= 0.3 is 0 Å². The van der Waals surface area contributed by atoms with Crippen molar-refractivity contribution in [3.8, 4) is 0 Å². The van der Waals surface area contributed by atoms with E-state index in [0.717, 1.165) is 5.92 Å². The number of hydrogen-bond acceptors (Lipinski definition) is 1. The van der Waals surface area contributed by atoms with E-state index in [1.54, 1.807) is 11.3 Å². The molecule has 0 N–H and O–H groups in total. The van der Waals surface area contributed by atoms with Crippen LogP contribution in [0, 0.1) is 5.92 Å². The van der Waals surface area contributed by atoms with Crippen LogP contribution < -0.4 is 0 Å². The first-order valence-electron chi connectivity index (χ1n) is 4.71. The summed E-state index contributed by atoms with van der Waals surface area (Å²) in [5.74, 6) is 0.925. The van der Waals surface area contributed by atoms with Crippen molar-refractivity contribution in [1.82, 2.24) is 4.90 Å². The van der Waals surface area contributed by atoms with Crippen LogP contribution in [0.4, 0.5) is 0 Å². The summed E-state index contributed by atoms with van der Waals surface area (Å²) in [5, 5.41) is 0. The van der Waals surface area contributed by atoms with Crippen LogP contribution in [0.1, 0.15) is 33.1 Å². The van der Waals surface area contributed by atoms with Crippen molar-refractivity contribution >= 4 is 0 Å². The normalized spacial score (nSPS) is 31.1. The molecule has 3 rings (SSSR count). The van der Waals surface area contributed by atoms with Crippen molar-refractivity contribution in [3.05, 3.63) is 11.3 Å². The summed E-state index contributed by atoms with van der Waals surface area (Å²) in [5.41, 5.74) is 3.23. The Hall–Kier alpha value is -0.460. The van der Waals surface area contributed by atoms with Gasteiger partial charge in [-0.2, -0.15) is 0 Å². The van der Waals surface area contributed by atoms with Crippen LogP contribution in [-0.2, 0) is 0 Å². The van der Waals surface area contributed by atoms with Gasteiger partial charge in [-0.15, -0.1) is 0 Å². The van der Waals surface area contributed by atoms with Gasteiger partial charge in [-0.05, 0) is 39.0 Å². The van der Waals surface area contributed by atoms with E-state index in [-0.39, 0.29) is 0 Å². The van der Waals surface area contributed by atoms with Gasteiger partial charge in [0.25, 0.3) is 0 Å². The van der Waals surface area contributed by atoms with E-state index in [1.807, 2.05) is 0 Å². The topological polar surface area (TPSA) is 3.24 Å². The van der Waals surface area contributed by atoms with Gasteiger partial charge in [0.05, 0.1) is 0 Å². The zero-order valence-corrected chi connectivity index (χ0v) is 7.56. The number of hydrogen-bond donors (Lipinski definition) is 0. The van der Waals surface area contributed by atoms with E-state index in [2.05, 4.69) is 18.7 Å². The average Bonchev–Trinajstić information content (AvgIpc) is 2.30. The second-order valence-electron chi connectivity index (χ2n) is 3.88. The molecule has 3 aliphatic rings. The van der Waals surface area contributed by atoms with E-state index in [1.165, 1.54) is 32.4 Å². The lowest BCUT2D eigenvalue weighted by molar-refractivity contribution is 0.327. The zero-order chi connectivity index (χ0) is 7.84. The molecule has 3 heterocycles. The molecule has 2 bridgehead atoms. The molecular weight excluding hydrogens is 134 g/mol. The minimum Gasteiger partial charge on any atom is -0.375 e. The van der Waals surface area contributed by atoms with Crippen LogP contribution in [-0.4, -0.2) is 18.0 Å². The molecule has 0 aliphatic carbocycles. The van der Waals surface area contributed by atoms with Crippen molar-refractivity contribution in [2.75, 3.05) is 13.1 Å². The highest BCUT2D eigenvalue weighted by atomic mass is 15.1. The van der Waals surface area contributed by atoms with E-state index >= 15 is 0 Å². The number of nitrogens with zero attached hydrogens (tertiary/aromatic N) is 1. The van der Waals surface area contributed by atoms with E-state index in [4.69, 9.17) is 0 Å². The first-order chi connectivity index (χ1) is 5.29. The highest BCUT2D eigenvalue weighted by Crippen LogP contribution is 2.33. The summed E-state index contributed by atoms with van der Waals surface area (Å²) in [6.07, 6.45) is 4.24. The number of rotatable bonds is 0. The molecule has 0 aromatic carbocycles. The van der Waals surface area contributed by atoms with Gasteiger partial charge in [0.1, 0.15) is 0 Å². The maximum absolute atomic E-state index is 2.55. The Bertz CT molecular complexity index is 169. The maximum atomic E-state index is 2.55. The highest BCUT2D eigenvalue weighted by Gasteiger charge is 2.25. The third kappa shape index (κ3) is 1.07. The Morgan fingerprint density at radius 3 is 2.82 bits per heavy atom. The monoisotopic (exact) mass is 151 g/mol. The summed E-state index contributed by atoms with van der Waals surface area (Å²) in [7, 11) is 0. The van der Waals surface area contributed by atoms with Gasteiger partial charge in [-0.3, -0.25) is 0 Å². The minimum absolute atomic E-state index is 0.925. The van der Waals surface area contributed by atoms with Crippen molar-refractivity contribution in [2.45, 2.75) is 33.1 Å². The molecule has 1 fully saturated rings. The van der Waals surface area contributed by atoms with Crippen LogP contribution >= 0.6 is 0 Å². The van der Waals surface area contributed by atoms with Gasteiger partial charge in [0.15, 0.2) is 0 Å². The Balaban J connectivity index is 2.32. The van der Waals surface area contributed by atoms with Gasteiger partial charge in [0, 0.05) is 18.8 Å². The maximum Gasteiger partial charge on any atom is 0.0180 e. The van der Waals surface area contributed by atoms with E-state index in [9.17, 15) is 0 Å². The molecule has 11 heavy (non-hydrogen) atoms. The summed E-state index contributed by atoms with van der Waals surface area (Å²) < 4.78 is 0. The predicted molar refractivity (Wildman–Crippen MR) is 47.3 cm³/mol. The van der Waals surface area contributed by atoms with E-state index < -0.39 is 0 Å². The first kappa shape index (κ1) is 7.20. The minimum atomic E-state index is 0.925. The van der Waals surface area contributed by atoms with Crippen LogP contribution in [0.5, 0.6) is 0 Å². The van der Waals surface area contributed by atoms with Crippen molar-refractivity contribution in [1.29, 1.82) is 0 Å². The summed E-state index contributed by atoms with van der Waals surface area (Å²) in [6, 6.07) is 0. The van der Waals surface area contributed by atoms with Crippen molar-refractivity contribution < 1.29 is 0 Å². The number of fused-ring (bicyclic) bond motifs is 3. The molecule has 62 valence electrons. The number of allylic oxidation sites excluding steroid dienone is 2. The Morgan fingerprint density at radius 2 is 2.00 bits per heavy atom. The highest BCUT2D eigenvalue weighted by molar-refractivity contribution is 5.17. The molecule has 0 amide bonds. The lowest BCUT2D eigenvalue weighted by Crippen LogP contribution is -2.27. The van der Waals surface area contributed by atoms with Gasteiger partial charge in [-0.1, -0.05) is 5.57 Å². The molecule has 0 radical (unpaired) electrons. The van der Waals surface area contributed by atoms with Crippen LogP contribution in [0.2, 0.25) is 0 Å². The molecule has 3 aliphatic heterocycles. The Kier molecular flexibility index (Phi) is 1.67. The van der Waals surface area contributed by atoms with Gasteiger partial charge in [-0.25, -0.2) is 0 Å². The standard InChI is InChI=1S/C10H17N/c1-8-9(2)11-6-3-4-10(8)5-7-11/h10H,3-7H2,1-2H3. The smallest absolute Gasteiger partial charge is 0.0180 e. The molecule has 1 heteroatoms. The molecule has 0 spiro atoms. The molecular formula is C10H17N. The Labute approximate surface area is 69.1 Å². The van der Waals surface area contributed by atoms with Gasteiger partial charge < -0.3 is 4.90 Å². The molecule has 1 unspecified atom stereocenters. The third-order valence-electron chi connectivity index (χ3n) is 3.39. The molecule has 1 nitrogen and oxygen atoms in total. The fourth-order valence-electron chi connectivity index (χ4n) is 2.41. The lowest BCUT2D eigenvalue weighted by Gasteiger charge is -2.31. The Morgan fingerprint density at radius 1 is 1.18 bits per heavy atom. The molecule has 1 atom stereocenters. The molecule has 0 aromatic heterocycles. The fraction of sp³-hybridized carbons (Fsp3) is 0.800. The third-order valence-corrected chi connectivity index (χ3v) is 3.39. The molecule has 0 aromatic rings. The van der Waals surface area contributed by atoms with Crippen molar-refractivity contribution in [2.24, 2.45) is 5.92 Å².